The van der Waals surface area contributed by atoms with Crippen molar-refractivity contribution in [3.63, 3.8) is 0 Å². The second kappa shape index (κ2) is 4.89. The number of hydrogen-bond donors (Lipinski definition) is 0. The summed E-state index contributed by atoms with van der Waals surface area (Å²) in [5.74, 6) is 0.0768. The zero-order valence-corrected chi connectivity index (χ0v) is 13.4. The Morgan fingerprint density at radius 1 is 1.14 bits per heavy atom. The Hall–Kier alpha value is -1.73. The molecule has 0 N–H and O–H groups in total. The molecule has 1 aromatic heterocycles. The molecule has 5 nitrogen and oxygen atoms in total. The molecular formula is C15H19BFN3O2. The van der Waals surface area contributed by atoms with Crippen LogP contribution in [-0.2, 0) is 16.4 Å². The van der Waals surface area contributed by atoms with Crippen LogP contribution in [0.3, 0.4) is 0 Å². The summed E-state index contributed by atoms with van der Waals surface area (Å²) in [5.41, 5.74) is -0.262. The van der Waals surface area contributed by atoms with Gasteiger partial charge in [0.2, 0.25) is 0 Å². The first-order chi connectivity index (χ1) is 10.2. The Morgan fingerprint density at radius 3 is 2.32 bits per heavy atom. The number of rotatable bonds is 2. The first-order valence-corrected chi connectivity index (χ1v) is 7.21. The number of aromatic nitrogens is 3. The molecule has 7 heteroatoms. The molecule has 1 fully saturated rings. The third kappa shape index (κ3) is 2.25. The molecular weight excluding hydrogens is 284 g/mol. The summed E-state index contributed by atoms with van der Waals surface area (Å²) < 4.78 is 28.3. The van der Waals surface area contributed by atoms with E-state index < -0.39 is 24.1 Å². The van der Waals surface area contributed by atoms with E-state index in [1.165, 1.54) is 11.0 Å². The second-order valence-electron chi connectivity index (χ2n) is 6.50. The zero-order chi connectivity index (χ0) is 16.1. The third-order valence-corrected chi connectivity index (χ3v) is 4.49. The molecule has 1 aromatic carbocycles. The van der Waals surface area contributed by atoms with E-state index in [4.69, 9.17) is 9.31 Å². The molecule has 0 atom stereocenters. The molecule has 0 saturated carbocycles. The molecule has 0 spiro atoms. The van der Waals surface area contributed by atoms with E-state index in [-0.39, 0.29) is 0 Å². The molecule has 0 amide bonds. The van der Waals surface area contributed by atoms with Crippen LogP contribution in [0.2, 0.25) is 0 Å². The number of aryl methyl sites for hydroxylation is 1. The standard InChI is InChI=1S/C15H19BFN3O2/c1-14(2)15(3,4)22-16(21-14)11-8-6-7-10(12(11)17)13-18-9-19-20(13)5/h6-9H,1-5H3. The summed E-state index contributed by atoms with van der Waals surface area (Å²) >= 11 is 0. The SMILES string of the molecule is Cn1ncnc1-c1cccc(B2OC(C)(C)C(C)(C)O2)c1F. The van der Waals surface area contributed by atoms with Crippen LogP contribution in [0.25, 0.3) is 11.4 Å². The Bertz CT molecular complexity index is 699. The van der Waals surface area contributed by atoms with Gasteiger partial charge in [-0.3, -0.25) is 0 Å². The maximum absolute atomic E-state index is 14.9. The molecule has 2 aromatic rings. The molecule has 1 aliphatic rings. The summed E-state index contributed by atoms with van der Waals surface area (Å²) in [5, 5.41) is 3.98. The molecule has 0 unspecified atom stereocenters. The van der Waals surface area contributed by atoms with E-state index in [9.17, 15) is 4.39 Å². The van der Waals surface area contributed by atoms with Crippen LogP contribution in [-0.4, -0.2) is 33.1 Å². The maximum Gasteiger partial charge on any atom is 0.497 e. The van der Waals surface area contributed by atoms with Crippen LogP contribution in [0.4, 0.5) is 4.39 Å². The van der Waals surface area contributed by atoms with Gasteiger partial charge in [0.05, 0.1) is 16.8 Å². The van der Waals surface area contributed by atoms with Gasteiger partial charge >= 0.3 is 7.12 Å². The van der Waals surface area contributed by atoms with Crippen molar-refractivity contribution in [2.75, 3.05) is 0 Å². The van der Waals surface area contributed by atoms with Gasteiger partial charge in [-0.25, -0.2) is 14.1 Å². The predicted molar refractivity (Wildman–Crippen MR) is 82.1 cm³/mol. The molecule has 116 valence electrons. The van der Waals surface area contributed by atoms with Crippen molar-refractivity contribution >= 4 is 12.6 Å². The first-order valence-electron chi connectivity index (χ1n) is 7.21. The van der Waals surface area contributed by atoms with Crippen molar-refractivity contribution in [1.82, 2.24) is 14.8 Å². The normalized spacial score (nSPS) is 19.6. The quantitative estimate of drug-likeness (QED) is 0.795. The highest BCUT2D eigenvalue weighted by Gasteiger charge is 2.52. The summed E-state index contributed by atoms with van der Waals surface area (Å²) in [4.78, 5) is 4.10. The lowest BCUT2D eigenvalue weighted by Gasteiger charge is -2.32. The molecule has 2 heterocycles. The van der Waals surface area contributed by atoms with Crippen molar-refractivity contribution in [2.45, 2.75) is 38.9 Å². The smallest absolute Gasteiger partial charge is 0.399 e. The first kappa shape index (κ1) is 15.2. The molecule has 0 bridgehead atoms. The fourth-order valence-corrected chi connectivity index (χ4v) is 2.41. The number of hydrogen-bond acceptors (Lipinski definition) is 4. The van der Waals surface area contributed by atoms with Crippen molar-refractivity contribution in [3.8, 4) is 11.4 Å². The van der Waals surface area contributed by atoms with E-state index >= 15 is 0 Å². The molecule has 1 saturated heterocycles. The summed E-state index contributed by atoms with van der Waals surface area (Å²) in [6, 6.07) is 5.12. The van der Waals surface area contributed by atoms with E-state index in [1.54, 1.807) is 25.2 Å². The van der Waals surface area contributed by atoms with Crippen LogP contribution < -0.4 is 5.46 Å². The minimum atomic E-state index is -0.738. The molecule has 0 aliphatic carbocycles. The average molecular weight is 303 g/mol. The van der Waals surface area contributed by atoms with Crippen molar-refractivity contribution in [2.24, 2.45) is 7.05 Å². The zero-order valence-electron chi connectivity index (χ0n) is 13.4. The Balaban J connectivity index is 2.02. The summed E-state index contributed by atoms with van der Waals surface area (Å²) in [6.07, 6.45) is 1.40. The van der Waals surface area contributed by atoms with Gasteiger partial charge < -0.3 is 9.31 Å². The summed E-state index contributed by atoms with van der Waals surface area (Å²) in [6.45, 7) is 7.77. The van der Waals surface area contributed by atoms with Gasteiger partial charge in [-0.05, 0) is 33.8 Å². The molecule has 0 radical (unpaired) electrons. The van der Waals surface area contributed by atoms with Gasteiger partial charge in [-0.15, -0.1) is 0 Å². The van der Waals surface area contributed by atoms with Crippen LogP contribution in [0, 0.1) is 5.82 Å². The average Bonchev–Trinajstić information content (AvgIpc) is 2.91. The fourth-order valence-electron chi connectivity index (χ4n) is 2.41. The van der Waals surface area contributed by atoms with Gasteiger partial charge in [0, 0.05) is 12.5 Å². The Labute approximate surface area is 129 Å². The highest BCUT2D eigenvalue weighted by molar-refractivity contribution is 6.62. The van der Waals surface area contributed by atoms with E-state index in [0.717, 1.165) is 0 Å². The third-order valence-electron chi connectivity index (χ3n) is 4.49. The van der Waals surface area contributed by atoms with Crippen molar-refractivity contribution in [3.05, 3.63) is 30.3 Å². The minimum Gasteiger partial charge on any atom is -0.399 e. The lowest BCUT2D eigenvalue weighted by molar-refractivity contribution is 0.00578. The predicted octanol–water partition coefficient (Wildman–Crippen LogP) is 1.92. The monoisotopic (exact) mass is 303 g/mol. The number of halogens is 1. The van der Waals surface area contributed by atoms with Gasteiger partial charge in [0.15, 0.2) is 5.82 Å². The molecule has 22 heavy (non-hydrogen) atoms. The largest absolute Gasteiger partial charge is 0.497 e. The number of nitrogens with zero attached hydrogens (tertiary/aromatic N) is 3. The number of benzene rings is 1. The lowest BCUT2D eigenvalue weighted by Crippen LogP contribution is -2.41. The second-order valence-corrected chi connectivity index (χ2v) is 6.50. The van der Waals surface area contributed by atoms with Gasteiger partial charge in [-0.1, -0.05) is 12.1 Å². The summed E-state index contributed by atoms with van der Waals surface area (Å²) in [7, 11) is 0.988. The highest BCUT2D eigenvalue weighted by atomic mass is 19.1. The van der Waals surface area contributed by atoms with Gasteiger partial charge in [0.1, 0.15) is 12.1 Å². The van der Waals surface area contributed by atoms with Crippen LogP contribution in [0.15, 0.2) is 24.5 Å². The molecule has 1 aliphatic heterocycles. The van der Waals surface area contributed by atoms with Crippen molar-refractivity contribution in [1.29, 1.82) is 0 Å². The van der Waals surface area contributed by atoms with Crippen LogP contribution in [0.1, 0.15) is 27.7 Å². The lowest BCUT2D eigenvalue weighted by atomic mass is 9.77. The Kier molecular flexibility index (Phi) is 3.38. The maximum atomic E-state index is 14.9. The van der Waals surface area contributed by atoms with Crippen LogP contribution >= 0.6 is 0 Å². The topological polar surface area (TPSA) is 49.2 Å². The van der Waals surface area contributed by atoms with E-state index in [2.05, 4.69) is 10.1 Å². The van der Waals surface area contributed by atoms with E-state index in [0.29, 0.717) is 16.9 Å². The van der Waals surface area contributed by atoms with Gasteiger partial charge in [-0.2, -0.15) is 5.10 Å². The van der Waals surface area contributed by atoms with E-state index in [1.807, 2.05) is 27.7 Å². The van der Waals surface area contributed by atoms with Crippen LogP contribution in [0.5, 0.6) is 0 Å². The fraction of sp³-hybridized carbons (Fsp3) is 0.467. The molecule has 3 rings (SSSR count). The van der Waals surface area contributed by atoms with Crippen molar-refractivity contribution < 1.29 is 13.7 Å². The Morgan fingerprint density at radius 2 is 1.77 bits per heavy atom. The minimum absolute atomic E-state index is 0.374. The highest BCUT2D eigenvalue weighted by Crippen LogP contribution is 2.37. The van der Waals surface area contributed by atoms with Gasteiger partial charge in [0.25, 0.3) is 0 Å².